The van der Waals surface area contributed by atoms with Gasteiger partial charge < -0.3 is 25.5 Å². The van der Waals surface area contributed by atoms with Gasteiger partial charge in [-0.1, -0.05) is 42.8 Å². The molecule has 1 amide bonds. The minimum absolute atomic E-state index is 0.00616. The van der Waals surface area contributed by atoms with Crippen molar-refractivity contribution in [2.24, 2.45) is 5.73 Å². The third-order valence-corrected chi connectivity index (χ3v) is 6.29. The fourth-order valence-corrected chi connectivity index (χ4v) is 3.87. The molecule has 2 aromatic rings. The van der Waals surface area contributed by atoms with E-state index in [0.717, 1.165) is 48.4 Å². The van der Waals surface area contributed by atoms with Crippen LogP contribution in [0.25, 0.3) is 0 Å². The monoisotopic (exact) mass is 549 g/mol. The van der Waals surface area contributed by atoms with Crippen LogP contribution in [0.1, 0.15) is 48.0 Å². The van der Waals surface area contributed by atoms with Crippen molar-refractivity contribution < 1.29 is 14.4 Å². The van der Waals surface area contributed by atoms with Gasteiger partial charge in [0.05, 0.1) is 0 Å². The number of hydrogen-bond acceptors (Lipinski definition) is 7. The molecule has 2 heterocycles. The molecule has 0 saturated carbocycles. The van der Waals surface area contributed by atoms with E-state index in [1.54, 1.807) is 12.3 Å². The first-order valence-corrected chi connectivity index (χ1v) is 12.1. The molecule has 0 spiro atoms. The first-order valence-electron chi connectivity index (χ1n) is 11.3. The van der Waals surface area contributed by atoms with E-state index in [-0.39, 0.29) is 11.3 Å². The van der Waals surface area contributed by atoms with Crippen molar-refractivity contribution in [1.29, 1.82) is 0 Å². The van der Waals surface area contributed by atoms with Crippen molar-refractivity contribution in [2.45, 2.75) is 39.7 Å². The first kappa shape index (κ1) is 32.5. The summed E-state index contributed by atoms with van der Waals surface area (Å²) in [5.74, 6) is -0.197. The molecule has 194 valence electrons. The number of rotatable bonds is 4. The van der Waals surface area contributed by atoms with Crippen LogP contribution in [0.15, 0.2) is 34.9 Å². The Labute approximate surface area is 218 Å². The van der Waals surface area contributed by atoms with Crippen LogP contribution in [0.4, 0.5) is 5.69 Å². The Morgan fingerprint density at radius 1 is 1.09 bits per heavy atom. The molecule has 1 aliphatic heterocycles. The first-order chi connectivity index (χ1) is 16.6. The second kappa shape index (κ2) is 16.3. The van der Waals surface area contributed by atoms with Crippen molar-refractivity contribution in [2.75, 3.05) is 45.6 Å². The molecule has 3 N–H and O–H groups in total. The fraction of sp³-hybridized carbons (Fsp3) is 0.462. The summed E-state index contributed by atoms with van der Waals surface area (Å²) in [5, 5.41) is 3.01. The summed E-state index contributed by atoms with van der Waals surface area (Å²) in [4.78, 5) is 37.8. The summed E-state index contributed by atoms with van der Waals surface area (Å²) in [5.41, 5.74) is 9.31. The third-order valence-electron chi connectivity index (χ3n) is 5.44. The number of piperazine rings is 1. The second-order valence-corrected chi connectivity index (χ2v) is 9.83. The Hall–Kier alpha value is -2.46. The summed E-state index contributed by atoms with van der Waals surface area (Å²) < 4.78 is 0.885. The highest BCUT2D eigenvalue weighted by Gasteiger charge is 2.22. The lowest BCUT2D eigenvalue weighted by Crippen LogP contribution is -2.44. The molecule has 0 radical (unpaired) electrons. The predicted molar refractivity (Wildman–Crippen MR) is 147 cm³/mol. The molecule has 35 heavy (non-hydrogen) atoms. The molecule has 3 rings (SSSR count). The van der Waals surface area contributed by atoms with Gasteiger partial charge >= 0.3 is 0 Å². The van der Waals surface area contributed by atoms with Crippen molar-refractivity contribution in [3.05, 3.63) is 57.3 Å². The number of likely N-dealkylation sites (N-methyl/N-ethyl adjacent to an activating group) is 1. The Morgan fingerprint density at radius 3 is 2.17 bits per heavy atom. The lowest BCUT2D eigenvalue weighted by Gasteiger charge is -2.34. The molecule has 8 nitrogen and oxygen atoms in total. The number of benzene rings is 1. The standard InChI is InChI=1S/C23H31BrN4O.CH5N.2CH2O/c1-16-14-25-21(13-20(16)24)22(29)26-18-7-6-17(19(12-18)23(2,3)4)15-28-10-8-27(5)9-11-28;3*1-2/h6-7,12-14H,8-11,15H2,1-5H3,(H,26,29);2H2,1H3;2*1H2. The van der Waals surface area contributed by atoms with Gasteiger partial charge in [0.1, 0.15) is 19.3 Å². The van der Waals surface area contributed by atoms with E-state index in [1.807, 2.05) is 26.6 Å². The number of nitrogens with zero attached hydrogens (tertiary/aromatic N) is 3. The zero-order valence-electron chi connectivity index (χ0n) is 21.9. The number of hydrogen-bond donors (Lipinski definition) is 2. The summed E-state index contributed by atoms with van der Waals surface area (Å²) >= 11 is 3.47. The number of nitrogens with one attached hydrogen (secondary N) is 1. The van der Waals surface area contributed by atoms with Crippen LogP contribution in [0.2, 0.25) is 0 Å². The number of aromatic nitrogens is 1. The van der Waals surface area contributed by atoms with Crippen LogP contribution in [-0.2, 0) is 21.5 Å². The van der Waals surface area contributed by atoms with Crippen LogP contribution in [0.3, 0.4) is 0 Å². The number of aryl methyl sites for hydroxylation is 1. The van der Waals surface area contributed by atoms with Crippen molar-refractivity contribution in [1.82, 2.24) is 14.8 Å². The molecule has 1 aliphatic rings. The Bertz CT molecular complexity index is 924. The largest absolute Gasteiger partial charge is 0.333 e. The van der Waals surface area contributed by atoms with E-state index in [9.17, 15) is 4.79 Å². The number of amides is 1. The van der Waals surface area contributed by atoms with E-state index < -0.39 is 0 Å². The van der Waals surface area contributed by atoms with E-state index in [0.29, 0.717) is 5.69 Å². The van der Waals surface area contributed by atoms with Gasteiger partial charge in [-0.15, -0.1) is 0 Å². The number of anilines is 1. The van der Waals surface area contributed by atoms with Gasteiger partial charge in [0.15, 0.2) is 0 Å². The van der Waals surface area contributed by atoms with Gasteiger partial charge in [-0.3, -0.25) is 14.7 Å². The van der Waals surface area contributed by atoms with Crippen LogP contribution >= 0.6 is 15.9 Å². The molecule has 1 aromatic heterocycles. The van der Waals surface area contributed by atoms with E-state index in [1.165, 1.54) is 18.2 Å². The van der Waals surface area contributed by atoms with Crippen molar-refractivity contribution in [3.8, 4) is 0 Å². The van der Waals surface area contributed by atoms with Gasteiger partial charge in [-0.25, -0.2) is 0 Å². The Kier molecular flexibility index (Phi) is 15.1. The SMILES string of the molecule is C=O.C=O.CN.Cc1cnc(C(=O)Nc2ccc(CN3CCN(C)CC3)c(C(C)(C)C)c2)cc1Br. The fourth-order valence-electron chi connectivity index (χ4n) is 3.56. The normalized spacial score (nSPS) is 13.7. The van der Waals surface area contributed by atoms with E-state index >= 15 is 0 Å². The summed E-state index contributed by atoms with van der Waals surface area (Å²) in [7, 11) is 3.68. The average molecular weight is 551 g/mol. The summed E-state index contributed by atoms with van der Waals surface area (Å²) in [6.45, 7) is 18.0. The van der Waals surface area contributed by atoms with Gasteiger partial charge in [0, 0.05) is 49.1 Å². The highest BCUT2D eigenvalue weighted by Crippen LogP contribution is 2.30. The lowest BCUT2D eigenvalue weighted by atomic mass is 9.83. The highest BCUT2D eigenvalue weighted by atomic mass is 79.9. The maximum Gasteiger partial charge on any atom is 0.274 e. The molecule has 0 bridgehead atoms. The topological polar surface area (TPSA) is 109 Å². The molecule has 0 aliphatic carbocycles. The predicted octanol–water partition coefficient (Wildman–Crippen LogP) is 3.65. The number of carbonyl (C=O) groups is 3. The maximum absolute atomic E-state index is 12.7. The molecule has 0 atom stereocenters. The Morgan fingerprint density at radius 2 is 1.66 bits per heavy atom. The quantitative estimate of drug-likeness (QED) is 0.598. The Balaban J connectivity index is 0.00000179. The van der Waals surface area contributed by atoms with E-state index in [4.69, 9.17) is 9.59 Å². The molecule has 9 heteroatoms. The zero-order valence-corrected chi connectivity index (χ0v) is 23.4. The number of pyridine rings is 1. The third kappa shape index (κ3) is 10.4. The molecular weight excluding hydrogens is 510 g/mol. The van der Waals surface area contributed by atoms with Gasteiger partial charge in [0.2, 0.25) is 0 Å². The highest BCUT2D eigenvalue weighted by molar-refractivity contribution is 9.10. The van der Waals surface area contributed by atoms with Crippen LogP contribution in [0.5, 0.6) is 0 Å². The van der Waals surface area contributed by atoms with Crippen LogP contribution in [0, 0.1) is 6.92 Å². The molecular formula is C26H40BrN5O3. The molecule has 1 fully saturated rings. The molecule has 1 aromatic carbocycles. The van der Waals surface area contributed by atoms with Gasteiger partial charge in [-0.2, -0.15) is 0 Å². The average Bonchev–Trinajstić information content (AvgIpc) is 2.86. The van der Waals surface area contributed by atoms with Crippen molar-refractivity contribution in [3.63, 3.8) is 0 Å². The summed E-state index contributed by atoms with van der Waals surface area (Å²) in [6, 6.07) is 8.04. The van der Waals surface area contributed by atoms with Gasteiger partial charge in [0.25, 0.3) is 5.91 Å². The van der Waals surface area contributed by atoms with Crippen LogP contribution < -0.4 is 11.1 Å². The maximum atomic E-state index is 12.7. The summed E-state index contributed by atoms with van der Waals surface area (Å²) in [6.07, 6.45) is 1.71. The van der Waals surface area contributed by atoms with Crippen molar-refractivity contribution >= 4 is 41.1 Å². The molecule has 1 saturated heterocycles. The minimum atomic E-state index is -0.197. The molecule has 0 unspecified atom stereocenters. The van der Waals surface area contributed by atoms with Gasteiger partial charge in [-0.05, 0) is 61.3 Å². The van der Waals surface area contributed by atoms with Crippen LogP contribution in [-0.4, -0.2) is 74.5 Å². The minimum Gasteiger partial charge on any atom is -0.333 e. The lowest BCUT2D eigenvalue weighted by molar-refractivity contribution is -0.0987. The smallest absolute Gasteiger partial charge is 0.274 e. The second-order valence-electron chi connectivity index (χ2n) is 8.97. The number of halogens is 1. The zero-order chi connectivity index (χ0) is 27.2. The van der Waals surface area contributed by atoms with E-state index in [2.05, 4.69) is 81.7 Å². The number of carbonyl (C=O) groups excluding carboxylic acids is 3. The number of nitrogens with two attached hydrogens (primary N) is 1.